The van der Waals surface area contributed by atoms with Gasteiger partial charge in [0.25, 0.3) is 5.91 Å². The first-order valence-electron chi connectivity index (χ1n) is 4.62. The molecule has 0 saturated heterocycles. The van der Waals surface area contributed by atoms with Crippen LogP contribution in [-0.2, 0) is 11.8 Å². The lowest BCUT2D eigenvalue weighted by Gasteiger charge is -2.16. The number of carbonyl (C=O) groups excluding carboxylic acids is 1. The molecule has 7 nitrogen and oxygen atoms in total. The standard InChI is InChI=1S/C9H13N3O4/c1-5(13)7(9(15)16)11-8(14)6-3-10-12(2)4-6/h3-5,7,13H,1-2H3,(H,11,14)(H,15,16). The van der Waals surface area contributed by atoms with Gasteiger partial charge < -0.3 is 15.5 Å². The van der Waals surface area contributed by atoms with E-state index in [4.69, 9.17) is 10.2 Å². The average Bonchev–Trinajstić information content (AvgIpc) is 2.59. The summed E-state index contributed by atoms with van der Waals surface area (Å²) in [5.74, 6) is -1.87. The molecule has 0 aliphatic heterocycles. The third kappa shape index (κ3) is 2.80. The second kappa shape index (κ2) is 4.75. The Kier molecular flexibility index (Phi) is 3.62. The van der Waals surface area contributed by atoms with E-state index in [1.165, 1.54) is 24.0 Å². The van der Waals surface area contributed by atoms with Gasteiger partial charge in [0.2, 0.25) is 0 Å². The summed E-state index contributed by atoms with van der Waals surface area (Å²) in [7, 11) is 1.64. The Labute approximate surface area is 91.7 Å². The molecule has 0 radical (unpaired) electrons. The summed E-state index contributed by atoms with van der Waals surface area (Å²) in [6.45, 7) is 1.29. The molecule has 3 N–H and O–H groups in total. The average molecular weight is 227 g/mol. The molecule has 2 unspecified atom stereocenters. The van der Waals surface area contributed by atoms with Crippen LogP contribution in [-0.4, -0.2) is 44.0 Å². The molecule has 0 aromatic carbocycles. The molecule has 1 aromatic heterocycles. The van der Waals surface area contributed by atoms with Gasteiger partial charge in [0.1, 0.15) is 0 Å². The van der Waals surface area contributed by atoms with E-state index in [1.807, 2.05) is 0 Å². The van der Waals surface area contributed by atoms with E-state index in [9.17, 15) is 9.59 Å². The predicted molar refractivity (Wildman–Crippen MR) is 53.8 cm³/mol. The van der Waals surface area contributed by atoms with Gasteiger partial charge in [0.15, 0.2) is 6.04 Å². The topological polar surface area (TPSA) is 104 Å². The maximum absolute atomic E-state index is 11.5. The van der Waals surface area contributed by atoms with Gasteiger partial charge in [-0.1, -0.05) is 0 Å². The third-order valence-electron chi connectivity index (χ3n) is 2.00. The quantitative estimate of drug-likeness (QED) is 0.611. The summed E-state index contributed by atoms with van der Waals surface area (Å²) in [5, 5.41) is 23.9. The number of nitrogens with one attached hydrogen (secondary N) is 1. The molecule has 0 spiro atoms. The fourth-order valence-corrected chi connectivity index (χ4v) is 1.15. The van der Waals surface area contributed by atoms with Crippen LogP contribution in [0.15, 0.2) is 12.4 Å². The Morgan fingerprint density at radius 3 is 2.56 bits per heavy atom. The molecule has 0 aliphatic rings. The van der Waals surface area contributed by atoms with Gasteiger partial charge >= 0.3 is 5.97 Å². The van der Waals surface area contributed by atoms with Crippen molar-refractivity contribution < 1.29 is 19.8 Å². The Morgan fingerprint density at radius 1 is 1.56 bits per heavy atom. The molecule has 1 amide bonds. The number of hydrogen-bond acceptors (Lipinski definition) is 4. The molecular weight excluding hydrogens is 214 g/mol. The van der Waals surface area contributed by atoms with Crippen molar-refractivity contribution in [1.29, 1.82) is 0 Å². The molecule has 0 fully saturated rings. The van der Waals surface area contributed by atoms with Gasteiger partial charge in [-0.15, -0.1) is 0 Å². The molecule has 1 heterocycles. The molecule has 88 valence electrons. The van der Waals surface area contributed by atoms with E-state index in [1.54, 1.807) is 7.05 Å². The van der Waals surface area contributed by atoms with E-state index >= 15 is 0 Å². The number of amides is 1. The number of carbonyl (C=O) groups is 2. The first kappa shape index (κ1) is 12.2. The summed E-state index contributed by atoms with van der Waals surface area (Å²) in [4.78, 5) is 22.3. The Morgan fingerprint density at radius 2 is 2.19 bits per heavy atom. The van der Waals surface area contributed by atoms with Crippen molar-refractivity contribution >= 4 is 11.9 Å². The monoisotopic (exact) mass is 227 g/mol. The van der Waals surface area contributed by atoms with Crippen molar-refractivity contribution in [1.82, 2.24) is 15.1 Å². The Bertz CT molecular complexity index is 399. The van der Waals surface area contributed by atoms with E-state index in [0.29, 0.717) is 0 Å². The van der Waals surface area contributed by atoms with Gasteiger partial charge in [0.05, 0.1) is 17.9 Å². The van der Waals surface area contributed by atoms with Gasteiger partial charge in [0, 0.05) is 13.2 Å². The van der Waals surface area contributed by atoms with Crippen molar-refractivity contribution in [2.24, 2.45) is 7.05 Å². The number of aromatic nitrogens is 2. The maximum atomic E-state index is 11.5. The van der Waals surface area contributed by atoms with E-state index in [0.717, 1.165) is 0 Å². The van der Waals surface area contributed by atoms with Crippen LogP contribution in [0.5, 0.6) is 0 Å². The molecule has 1 aromatic rings. The number of nitrogens with zero attached hydrogens (tertiary/aromatic N) is 2. The number of aryl methyl sites for hydroxylation is 1. The SMILES string of the molecule is CC(O)C(NC(=O)c1cnn(C)c1)C(=O)O. The van der Waals surface area contributed by atoms with Crippen molar-refractivity contribution in [2.75, 3.05) is 0 Å². The zero-order valence-electron chi connectivity index (χ0n) is 8.91. The number of aliphatic hydroxyl groups excluding tert-OH is 1. The summed E-state index contributed by atoms with van der Waals surface area (Å²) >= 11 is 0. The van der Waals surface area contributed by atoms with E-state index < -0.39 is 24.0 Å². The first-order valence-corrected chi connectivity index (χ1v) is 4.62. The molecule has 0 bridgehead atoms. The van der Waals surface area contributed by atoms with Crippen LogP contribution in [0, 0.1) is 0 Å². The smallest absolute Gasteiger partial charge is 0.328 e. The Hall–Kier alpha value is -1.89. The maximum Gasteiger partial charge on any atom is 0.328 e. The highest BCUT2D eigenvalue weighted by atomic mass is 16.4. The van der Waals surface area contributed by atoms with Crippen LogP contribution in [0.4, 0.5) is 0 Å². The van der Waals surface area contributed by atoms with Gasteiger partial charge in [-0.2, -0.15) is 5.10 Å². The van der Waals surface area contributed by atoms with Crippen molar-refractivity contribution in [3.05, 3.63) is 18.0 Å². The lowest BCUT2D eigenvalue weighted by atomic mass is 10.2. The highest BCUT2D eigenvalue weighted by Crippen LogP contribution is 1.99. The van der Waals surface area contributed by atoms with Crippen LogP contribution >= 0.6 is 0 Å². The normalized spacial score (nSPS) is 14.2. The largest absolute Gasteiger partial charge is 0.480 e. The van der Waals surface area contributed by atoms with Crippen LogP contribution in [0.25, 0.3) is 0 Å². The van der Waals surface area contributed by atoms with Crippen LogP contribution < -0.4 is 5.32 Å². The van der Waals surface area contributed by atoms with E-state index in [-0.39, 0.29) is 5.56 Å². The fraction of sp³-hybridized carbons (Fsp3) is 0.444. The minimum absolute atomic E-state index is 0.245. The molecule has 16 heavy (non-hydrogen) atoms. The zero-order valence-corrected chi connectivity index (χ0v) is 8.91. The van der Waals surface area contributed by atoms with Gasteiger partial charge in [-0.3, -0.25) is 9.48 Å². The van der Waals surface area contributed by atoms with Crippen molar-refractivity contribution in [2.45, 2.75) is 19.1 Å². The highest BCUT2D eigenvalue weighted by Gasteiger charge is 2.25. The number of carboxylic acids is 1. The molecular formula is C9H13N3O4. The molecule has 0 aliphatic carbocycles. The highest BCUT2D eigenvalue weighted by molar-refractivity contribution is 5.96. The number of aliphatic hydroxyl groups is 1. The number of rotatable bonds is 4. The number of aliphatic carboxylic acids is 1. The minimum atomic E-state index is -1.33. The van der Waals surface area contributed by atoms with Crippen molar-refractivity contribution in [3.8, 4) is 0 Å². The van der Waals surface area contributed by atoms with Crippen LogP contribution in [0.1, 0.15) is 17.3 Å². The zero-order chi connectivity index (χ0) is 12.3. The lowest BCUT2D eigenvalue weighted by molar-refractivity contribution is -0.141. The van der Waals surface area contributed by atoms with Crippen LogP contribution in [0.3, 0.4) is 0 Å². The number of carboxylic acid groups (broad SMARTS) is 1. The Balaban J connectivity index is 2.73. The third-order valence-corrected chi connectivity index (χ3v) is 2.00. The molecule has 2 atom stereocenters. The summed E-state index contributed by atoms with van der Waals surface area (Å²) in [6, 6.07) is -1.33. The summed E-state index contributed by atoms with van der Waals surface area (Å²) in [6.07, 6.45) is 1.60. The van der Waals surface area contributed by atoms with Gasteiger partial charge in [-0.05, 0) is 6.92 Å². The summed E-state index contributed by atoms with van der Waals surface area (Å²) in [5.41, 5.74) is 0.245. The van der Waals surface area contributed by atoms with Crippen molar-refractivity contribution in [3.63, 3.8) is 0 Å². The molecule has 7 heteroatoms. The summed E-state index contributed by atoms with van der Waals surface area (Å²) < 4.78 is 1.42. The second-order valence-corrected chi connectivity index (χ2v) is 3.43. The molecule has 0 saturated carbocycles. The van der Waals surface area contributed by atoms with Crippen LogP contribution in [0.2, 0.25) is 0 Å². The predicted octanol–water partition coefficient (Wildman–Crippen LogP) is -1.02. The second-order valence-electron chi connectivity index (χ2n) is 3.43. The minimum Gasteiger partial charge on any atom is -0.480 e. The lowest BCUT2D eigenvalue weighted by Crippen LogP contribution is -2.47. The van der Waals surface area contributed by atoms with Gasteiger partial charge in [-0.25, -0.2) is 4.79 Å². The first-order chi connectivity index (χ1) is 7.41. The fourth-order valence-electron chi connectivity index (χ4n) is 1.15. The molecule has 1 rings (SSSR count). The van der Waals surface area contributed by atoms with E-state index in [2.05, 4.69) is 10.4 Å². The number of hydrogen-bond donors (Lipinski definition) is 3.